The van der Waals surface area contributed by atoms with Gasteiger partial charge >= 0.3 is 0 Å². The van der Waals surface area contributed by atoms with Gasteiger partial charge in [-0.3, -0.25) is 4.99 Å². The molecule has 4 nitrogen and oxygen atoms in total. The van der Waals surface area contributed by atoms with Crippen LogP contribution in [0.2, 0.25) is 0 Å². The Kier molecular flexibility index (Phi) is 8.19. The van der Waals surface area contributed by atoms with Crippen molar-refractivity contribution in [2.45, 2.75) is 50.4 Å². The van der Waals surface area contributed by atoms with E-state index in [9.17, 15) is 5.11 Å². The zero-order chi connectivity index (χ0) is 15.7. The molecule has 1 fully saturated rings. The third-order valence-electron chi connectivity index (χ3n) is 3.91. The smallest absolute Gasteiger partial charge is 0.193 e. The largest absolute Gasteiger partial charge is 0.387 e. The summed E-state index contributed by atoms with van der Waals surface area (Å²) in [5, 5.41) is 14.3. The molecule has 2 N–H and O–H groups in total. The Labute approximate surface area is 134 Å². The molecule has 0 spiro atoms. The minimum atomic E-state index is -0.608. The zero-order valence-electron chi connectivity index (χ0n) is 13.8. The van der Waals surface area contributed by atoms with Crippen LogP contribution in [0.15, 0.2) is 17.6 Å². The first kappa shape index (κ1) is 18.4. The normalized spacial score (nSPS) is 25.3. The van der Waals surface area contributed by atoms with Crippen molar-refractivity contribution in [2.24, 2.45) is 4.99 Å². The molecule has 2 unspecified atom stereocenters. The van der Waals surface area contributed by atoms with Crippen LogP contribution >= 0.6 is 11.8 Å². The van der Waals surface area contributed by atoms with Gasteiger partial charge in [0.25, 0.3) is 0 Å². The van der Waals surface area contributed by atoms with Gasteiger partial charge in [-0.25, -0.2) is 0 Å². The molecule has 0 aliphatic heterocycles. The monoisotopic (exact) mass is 313 g/mol. The van der Waals surface area contributed by atoms with Crippen LogP contribution in [-0.4, -0.2) is 59.3 Å². The molecule has 0 bridgehead atoms. The van der Waals surface area contributed by atoms with Gasteiger partial charge in [0.05, 0.1) is 12.1 Å². The number of rotatable bonds is 9. The third kappa shape index (κ3) is 5.55. The van der Waals surface area contributed by atoms with Crippen LogP contribution in [0.1, 0.15) is 39.5 Å². The number of aliphatic imine (C=N–C) groups is 1. The van der Waals surface area contributed by atoms with Crippen LogP contribution < -0.4 is 5.32 Å². The molecule has 1 rings (SSSR count). The molecule has 21 heavy (non-hydrogen) atoms. The second kappa shape index (κ2) is 9.36. The molecule has 0 aromatic heterocycles. The fraction of sp³-hybridized carbons (Fsp3) is 0.812. The van der Waals surface area contributed by atoms with E-state index in [1.807, 2.05) is 24.9 Å². The number of nitrogens with one attached hydrogen (secondary N) is 1. The van der Waals surface area contributed by atoms with Crippen LogP contribution in [0.3, 0.4) is 0 Å². The lowest BCUT2D eigenvalue weighted by molar-refractivity contribution is -0.0156. The minimum Gasteiger partial charge on any atom is -0.387 e. The van der Waals surface area contributed by atoms with Gasteiger partial charge in [0.2, 0.25) is 0 Å². The highest BCUT2D eigenvalue weighted by molar-refractivity contribution is 8.00. The molecular formula is C16H31N3OS. The predicted octanol–water partition coefficient (Wildman–Crippen LogP) is 2.50. The first-order valence-electron chi connectivity index (χ1n) is 8.01. The fourth-order valence-corrected chi connectivity index (χ4v) is 3.67. The van der Waals surface area contributed by atoms with Crippen molar-refractivity contribution in [1.29, 1.82) is 0 Å². The van der Waals surface area contributed by atoms with Gasteiger partial charge in [-0.2, -0.15) is 11.8 Å². The summed E-state index contributed by atoms with van der Waals surface area (Å²) in [7, 11) is 2.05. The number of guanidine groups is 1. The maximum absolute atomic E-state index is 10.6. The number of thioether (sulfide) groups is 1. The van der Waals surface area contributed by atoms with Crippen LogP contribution in [0.5, 0.6) is 0 Å². The van der Waals surface area contributed by atoms with Gasteiger partial charge < -0.3 is 15.3 Å². The van der Waals surface area contributed by atoms with Crippen molar-refractivity contribution in [3.05, 3.63) is 12.7 Å². The van der Waals surface area contributed by atoms with Crippen LogP contribution in [-0.2, 0) is 0 Å². The summed E-state index contributed by atoms with van der Waals surface area (Å²) in [5.41, 5.74) is -0.608. The third-order valence-corrected chi connectivity index (χ3v) is 5.32. The quantitative estimate of drug-likeness (QED) is 0.297. The molecule has 0 saturated heterocycles. The number of allylic oxidation sites excluding steroid dienone is 1. The molecule has 2 atom stereocenters. The Morgan fingerprint density at radius 2 is 2.33 bits per heavy atom. The summed E-state index contributed by atoms with van der Waals surface area (Å²) in [6.07, 6.45) is 6.01. The Balaban J connectivity index is 2.56. The van der Waals surface area contributed by atoms with Gasteiger partial charge in [0.15, 0.2) is 5.96 Å². The van der Waals surface area contributed by atoms with Gasteiger partial charge in [-0.05, 0) is 38.4 Å². The maximum Gasteiger partial charge on any atom is 0.193 e. The number of hydrogen-bond acceptors (Lipinski definition) is 3. The second-order valence-electron chi connectivity index (χ2n) is 5.61. The SMILES string of the molecule is C=CCCCN(C)C(=NCC1(O)CCC1SCC)NCC. The average molecular weight is 314 g/mol. The average Bonchev–Trinajstić information content (AvgIpc) is 2.47. The van der Waals surface area contributed by atoms with E-state index in [4.69, 9.17) is 0 Å². The Morgan fingerprint density at radius 3 is 2.86 bits per heavy atom. The molecule has 1 saturated carbocycles. The predicted molar refractivity (Wildman–Crippen MR) is 94.1 cm³/mol. The van der Waals surface area contributed by atoms with Crippen molar-refractivity contribution in [1.82, 2.24) is 10.2 Å². The van der Waals surface area contributed by atoms with Gasteiger partial charge in [0.1, 0.15) is 0 Å². The summed E-state index contributed by atoms with van der Waals surface area (Å²) in [5.74, 6) is 1.94. The second-order valence-corrected chi connectivity index (χ2v) is 7.09. The highest BCUT2D eigenvalue weighted by Gasteiger charge is 2.45. The maximum atomic E-state index is 10.6. The molecule has 1 aliphatic rings. The Hall–Kier alpha value is -0.680. The molecule has 0 heterocycles. The molecule has 0 aromatic carbocycles. The first-order valence-corrected chi connectivity index (χ1v) is 9.06. The van der Waals surface area contributed by atoms with Gasteiger partial charge in [-0.15, -0.1) is 6.58 Å². The van der Waals surface area contributed by atoms with Crippen LogP contribution in [0.4, 0.5) is 0 Å². The molecule has 0 radical (unpaired) electrons. The highest BCUT2D eigenvalue weighted by Crippen LogP contribution is 2.41. The van der Waals surface area contributed by atoms with E-state index < -0.39 is 5.60 Å². The summed E-state index contributed by atoms with van der Waals surface area (Å²) < 4.78 is 0. The van der Waals surface area contributed by atoms with Crippen molar-refractivity contribution in [3.8, 4) is 0 Å². The summed E-state index contributed by atoms with van der Waals surface area (Å²) in [6.45, 7) is 10.3. The number of hydrogen-bond donors (Lipinski definition) is 2. The fourth-order valence-electron chi connectivity index (χ4n) is 2.48. The standard InChI is InChI=1S/C16H31N3OS/c1-5-8-9-12-19(4)15(17-6-2)18-13-16(20)11-10-14(16)21-7-3/h5,14,20H,1,6-13H2,2-4H3,(H,17,18). The van der Waals surface area contributed by atoms with Crippen molar-refractivity contribution in [2.75, 3.05) is 32.4 Å². The lowest BCUT2D eigenvalue weighted by atomic mass is 9.79. The lowest BCUT2D eigenvalue weighted by Crippen LogP contribution is -2.53. The summed E-state index contributed by atoms with van der Waals surface area (Å²) >= 11 is 1.85. The lowest BCUT2D eigenvalue weighted by Gasteiger charge is -2.44. The minimum absolute atomic E-state index is 0.347. The van der Waals surface area contributed by atoms with Crippen molar-refractivity contribution >= 4 is 17.7 Å². The summed E-state index contributed by atoms with van der Waals surface area (Å²) in [4.78, 5) is 6.80. The van der Waals surface area contributed by atoms with Gasteiger partial charge in [0, 0.05) is 25.4 Å². The van der Waals surface area contributed by atoms with E-state index in [0.717, 1.165) is 50.5 Å². The van der Waals surface area contributed by atoms with Crippen LogP contribution in [0.25, 0.3) is 0 Å². The molecule has 0 amide bonds. The molecular weight excluding hydrogens is 282 g/mol. The van der Waals surface area contributed by atoms with Crippen LogP contribution in [0, 0.1) is 0 Å². The number of nitrogens with zero attached hydrogens (tertiary/aromatic N) is 2. The number of unbranched alkanes of at least 4 members (excludes halogenated alkanes) is 1. The zero-order valence-corrected chi connectivity index (χ0v) is 14.6. The molecule has 5 heteroatoms. The molecule has 0 aromatic rings. The van der Waals surface area contributed by atoms with E-state index in [2.05, 4.69) is 35.6 Å². The van der Waals surface area contributed by atoms with E-state index in [0.29, 0.717) is 11.8 Å². The topological polar surface area (TPSA) is 47.9 Å². The van der Waals surface area contributed by atoms with E-state index in [1.165, 1.54) is 0 Å². The van der Waals surface area contributed by atoms with Gasteiger partial charge in [-0.1, -0.05) is 13.0 Å². The van der Waals surface area contributed by atoms with E-state index in [1.54, 1.807) is 0 Å². The first-order chi connectivity index (χ1) is 10.1. The van der Waals surface area contributed by atoms with E-state index >= 15 is 0 Å². The summed E-state index contributed by atoms with van der Waals surface area (Å²) in [6, 6.07) is 0. The highest BCUT2D eigenvalue weighted by atomic mass is 32.2. The van der Waals surface area contributed by atoms with E-state index in [-0.39, 0.29) is 0 Å². The Bertz CT molecular complexity index is 348. The molecule has 122 valence electrons. The number of aliphatic hydroxyl groups is 1. The molecule has 1 aliphatic carbocycles. The van der Waals surface area contributed by atoms with Crippen molar-refractivity contribution < 1.29 is 5.11 Å². The van der Waals surface area contributed by atoms with Crippen molar-refractivity contribution in [3.63, 3.8) is 0 Å². The Morgan fingerprint density at radius 1 is 1.57 bits per heavy atom.